The Morgan fingerprint density at radius 1 is 1.18 bits per heavy atom. The van der Waals surface area contributed by atoms with Crippen molar-refractivity contribution in [2.24, 2.45) is 16.8 Å². The summed E-state index contributed by atoms with van der Waals surface area (Å²) < 4.78 is 30.7. The molecule has 3 aromatic rings. The highest BCUT2D eigenvalue weighted by Crippen LogP contribution is 2.28. The number of benzene rings is 2. The number of fused-ring (bicyclic) bond motifs is 1. The fraction of sp³-hybridized carbons (Fsp3) is 0.360. The number of amides is 1. The van der Waals surface area contributed by atoms with Crippen LogP contribution in [-0.2, 0) is 16.6 Å². The fourth-order valence-electron chi connectivity index (χ4n) is 4.57. The minimum absolute atomic E-state index is 0.194. The van der Waals surface area contributed by atoms with Crippen LogP contribution in [0.25, 0.3) is 10.2 Å². The molecule has 180 valence electrons. The van der Waals surface area contributed by atoms with Crippen molar-refractivity contribution in [2.75, 3.05) is 13.1 Å². The molecule has 9 heteroatoms. The number of nitrogens with zero attached hydrogens (tertiary/aromatic N) is 3. The minimum Gasteiger partial charge on any atom is -0.312 e. The monoisotopic (exact) mass is 517 g/mol. The number of thiazole rings is 1. The molecule has 2 atom stereocenters. The van der Waals surface area contributed by atoms with E-state index in [0.717, 1.165) is 22.2 Å². The quantitative estimate of drug-likeness (QED) is 0.433. The van der Waals surface area contributed by atoms with Crippen molar-refractivity contribution in [1.29, 1.82) is 0 Å². The van der Waals surface area contributed by atoms with Crippen LogP contribution in [0, 0.1) is 18.8 Å². The Kier molecular flexibility index (Phi) is 7.14. The molecule has 0 radical (unpaired) electrons. The number of allylic oxidation sites excluding steroid dienone is 1. The van der Waals surface area contributed by atoms with E-state index in [2.05, 4.69) is 25.4 Å². The molecule has 0 N–H and O–H groups in total. The molecule has 0 spiro atoms. The molecule has 0 bridgehead atoms. The van der Waals surface area contributed by atoms with Crippen molar-refractivity contribution in [3.05, 3.63) is 70.0 Å². The topological polar surface area (TPSA) is 71.7 Å². The largest absolute Gasteiger partial charge is 0.312 e. The van der Waals surface area contributed by atoms with Gasteiger partial charge in [0.05, 0.1) is 15.1 Å². The van der Waals surface area contributed by atoms with Gasteiger partial charge in [-0.1, -0.05) is 42.9 Å². The first kappa shape index (κ1) is 24.9. The van der Waals surface area contributed by atoms with Crippen LogP contribution in [0.1, 0.15) is 36.2 Å². The summed E-state index contributed by atoms with van der Waals surface area (Å²) in [5, 5.41) is 0.648. The van der Waals surface area contributed by atoms with Gasteiger partial charge in [-0.05, 0) is 67.1 Å². The van der Waals surface area contributed by atoms with E-state index >= 15 is 0 Å². The Morgan fingerprint density at radius 3 is 2.44 bits per heavy atom. The molecule has 2 heterocycles. The summed E-state index contributed by atoms with van der Waals surface area (Å²) in [6.45, 7) is 11.4. The van der Waals surface area contributed by atoms with Crippen molar-refractivity contribution in [3.8, 4) is 0 Å². The molecular formula is C25H28ClN3O3S2. The van der Waals surface area contributed by atoms with Gasteiger partial charge in [-0.2, -0.15) is 9.30 Å². The zero-order valence-corrected chi connectivity index (χ0v) is 21.9. The highest BCUT2D eigenvalue weighted by atomic mass is 35.5. The first-order valence-corrected chi connectivity index (χ1v) is 13.8. The summed E-state index contributed by atoms with van der Waals surface area (Å²) in [6, 6.07) is 9.80. The lowest BCUT2D eigenvalue weighted by Gasteiger charge is -2.34. The van der Waals surface area contributed by atoms with E-state index in [1.54, 1.807) is 10.4 Å². The van der Waals surface area contributed by atoms with Gasteiger partial charge in [0.2, 0.25) is 10.0 Å². The summed E-state index contributed by atoms with van der Waals surface area (Å²) in [5.74, 6) is 0.206. The van der Waals surface area contributed by atoms with E-state index < -0.39 is 15.9 Å². The van der Waals surface area contributed by atoms with Crippen molar-refractivity contribution in [3.63, 3.8) is 0 Å². The third-order valence-electron chi connectivity index (χ3n) is 6.11. The number of sulfonamides is 1. The Hall–Kier alpha value is -2.26. The molecule has 1 amide bonds. The number of piperidine rings is 1. The molecule has 2 aromatic carbocycles. The van der Waals surface area contributed by atoms with Crippen LogP contribution >= 0.6 is 22.9 Å². The predicted molar refractivity (Wildman–Crippen MR) is 138 cm³/mol. The number of halogens is 1. The number of hydrogen-bond donors (Lipinski definition) is 0. The van der Waals surface area contributed by atoms with Crippen LogP contribution in [0.5, 0.6) is 0 Å². The molecule has 1 aliphatic rings. The molecule has 0 saturated carbocycles. The van der Waals surface area contributed by atoms with Crippen LogP contribution in [0.4, 0.5) is 0 Å². The Morgan fingerprint density at radius 2 is 1.82 bits per heavy atom. The van der Waals surface area contributed by atoms with Crippen LogP contribution in [0.3, 0.4) is 0 Å². The molecule has 34 heavy (non-hydrogen) atoms. The van der Waals surface area contributed by atoms with Gasteiger partial charge in [0, 0.05) is 30.2 Å². The highest BCUT2D eigenvalue weighted by molar-refractivity contribution is 7.89. The number of carbonyl (C=O) groups is 1. The predicted octanol–water partition coefficient (Wildman–Crippen LogP) is 5.26. The van der Waals surface area contributed by atoms with Gasteiger partial charge >= 0.3 is 0 Å². The van der Waals surface area contributed by atoms with E-state index in [-0.39, 0.29) is 4.90 Å². The third-order valence-corrected chi connectivity index (χ3v) is 9.41. The van der Waals surface area contributed by atoms with Crippen LogP contribution < -0.4 is 4.80 Å². The summed E-state index contributed by atoms with van der Waals surface area (Å²) in [6.07, 6.45) is 2.77. The van der Waals surface area contributed by atoms with Crippen LogP contribution in [-0.4, -0.2) is 36.3 Å². The molecule has 2 unspecified atom stereocenters. The Labute approximate surface area is 209 Å². The summed E-state index contributed by atoms with van der Waals surface area (Å²) in [7, 11) is -3.60. The second kappa shape index (κ2) is 9.77. The summed E-state index contributed by atoms with van der Waals surface area (Å²) in [5.41, 5.74) is 2.18. The Bertz CT molecular complexity index is 1410. The number of carbonyl (C=O) groups excluding carboxylic acids is 1. The fourth-order valence-corrected chi connectivity index (χ4v) is 7.50. The van der Waals surface area contributed by atoms with E-state index in [9.17, 15) is 13.2 Å². The second-order valence-electron chi connectivity index (χ2n) is 9.01. The summed E-state index contributed by atoms with van der Waals surface area (Å²) >= 11 is 7.71. The average Bonchev–Trinajstić information content (AvgIpc) is 3.13. The van der Waals surface area contributed by atoms with E-state index in [1.165, 1.54) is 35.6 Å². The van der Waals surface area contributed by atoms with Crippen molar-refractivity contribution >= 4 is 49.1 Å². The average molecular weight is 518 g/mol. The molecular weight excluding hydrogens is 490 g/mol. The van der Waals surface area contributed by atoms with Gasteiger partial charge < -0.3 is 4.57 Å². The van der Waals surface area contributed by atoms with Gasteiger partial charge in [-0.15, -0.1) is 6.58 Å². The van der Waals surface area contributed by atoms with Crippen molar-refractivity contribution in [1.82, 2.24) is 8.87 Å². The molecule has 0 aliphatic carbocycles. The van der Waals surface area contributed by atoms with E-state index in [1.807, 2.05) is 23.6 Å². The smallest absolute Gasteiger partial charge is 0.279 e. The molecule has 1 fully saturated rings. The lowest BCUT2D eigenvalue weighted by Crippen LogP contribution is -2.42. The number of hydrogen-bond acceptors (Lipinski definition) is 4. The number of aryl methyl sites for hydroxylation is 1. The maximum Gasteiger partial charge on any atom is 0.279 e. The Balaban J connectivity index is 1.66. The lowest BCUT2D eigenvalue weighted by atomic mass is 9.94. The van der Waals surface area contributed by atoms with Crippen LogP contribution in [0.2, 0.25) is 5.02 Å². The van der Waals surface area contributed by atoms with Gasteiger partial charge in [0.25, 0.3) is 5.91 Å². The maximum absolute atomic E-state index is 13.1. The first-order chi connectivity index (χ1) is 16.1. The normalized spacial score (nSPS) is 20.1. The van der Waals surface area contributed by atoms with Gasteiger partial charge in [0.15, 0.2) is 4.80 Å². The summed E-state index contributed by atoms with van der Waals surface area (Å²) in [4.78, 5) is 18.0. The van der Waals surface area contributed by atoms with Crippen molar-refractivity contribution < 1.29 is 13.2 Å². The maximum atomic E-state index is 13.1. The SMILES string of the molecule is C=CCn1c(=NC(=O)c2ccc(S(=O)(=O)N3CC(C)CC(C)C3)cc2)sc2ccc(Cl)c(C)c21. The number of aromatic nitrogens is 1. The standard InChI is InChI=1S/C25H28ClN3O3S2/c1-5-12-29-23-18(4)21(26)10-11-22(23)33-25(29)27-24(30)19-6-8-20(9-7-19)34(31,32)28-14-16(2)13-17(3)15-28/h5-11,16-17H,1,12-15H2,2-4H3. The molecule has 1 aromatic heterocycles. The highest BCUT2D eigenvalue weighted by Gasteiger charge is 2.31. The zero-order valence-electron chi connectivity index (χ0n) is 19.5. The van der Waals surface area contributed by atoms with Crippen molar-refractivity contribution in [2.45, 2.75) is 38.6 Å². The van der Waals surface area contributed by atoms with E-state index in [0.29, 0.717) is 46.9 Å². The third kappa shape index (κ3) is 4.77. The van der Waals surface area contributed by atoms with Gasteiger partial charge in [-0.3, -0.25) is 4.79 Å². The van der Waals surface area contributed by atoms with Gasteiger partial charge in [0.1, 0.15) is 0 Å². The first-order valence-electron chi connectivity index (χ1n) is 11.2. The molecule has 1 saturated heterocycles. The minimum atomic E-state index is -3.60. The lowest BCUT2D eigenvalue weighted by molar-refractivity contribution is 0.0997. The van der Waals surface area contributed by atoms with E-state index in [4.69, 9.17) is 11.6 Å². The molecule has 1 aliphatic heterocycles. The second-order valence-corrected chi connectivity index (χ2v) is 12.4. The number of rotatable bonds is 5. The van der Waals surface area contributed by atoms with Gasteiger partial charge in [-0.25, -0.2) is 8.42 Å². The molecule has 4 rings (SSSR count). The zero-order chi connectivity index (χ0) is 24.6. The molecule has 6 nitrogen and oxygen atoms in total. The van der Waals surface area contributed by atoms with Crippen LogP contribution in [0.15, 0.2) is 58.9 Å².